The predicted molar refractivity (Wildman–Crippen MR) is 61.3 cm³/mol. The summed E-state index contributed by atoms with van der Waals surface area (Å²) in [7, 11) is 2.11. The van der Waals surface area contributed by atoms with E-state index < -0.39 is 0 Å². The summed E-state index contributed by atoms with van der Waals surface area (Å²) in [5, 5.41) is 0. The summed E-state index contributed by atoms with van der Waals surface area (Å²) < 4.78 is 0. The van der Waals surface area contributed by atoms with E-state index in [1.54, 1.807) is 0 Å². The summed E-state index contributed by atoms with van der Waals surface area (Å²) in [6, 6.07) is 6.46. The molecule has 1 aromatic carbocycles. The van der Waals surface area contributed by atoms with Crippen molar-refractivity contribution in [2.45, 2.75) is 20.4 Å². The zero-order valence-corrected chi connectivity index (χ0v) is 9.38. The third-order valence-corrected chi connectivity index (χ3v) is 2.67. The highest BCUT2D eigenvalue weighted by molar-refractivity contribution is 5.32. The van der Waals surface area contributed by atoms with E-state index >= 15 is 0 Å². The molecule has 0 saturated carbocycles. The van der Waals surface area contributed by atoms with Crippen molar-refractivity contribution >= 4 is 0 Å². The minimum Gasteiger partial charge on any atom is -0.329 e. The first kappa shape index (κ1) is 11.2. The molecule has 0 aromatic heterocycles. The summed E-state index contributed by atoms with van der Waals surface area (Å²) in [5.74, 6) is 0. The Morgan fingerprint density at radius 3 is 2.64 bits per heavy atom. The molecule has 1 aromatic rings. The van der Waals surface area contributed by atoms with Gasteiger partial charge in [-0.05, 0) is 37.6 Å². The first-order valence-electron chi connectivity index (χ1n) is 5.09. The van der Waals surface area contributed by atoms with Crippen molar-refractivity contribution in [1.82, 2.24) is 4.90 Å². The van der Waals surface area contributed by atoms with E-state index in [1.807, 2.05) is 0 Å². The van der Waals surface area contributed by atoms with Crippen molar-refractivity contribution in [2.75, 3.05) is 20.1 Å². The van der Waals surface area contributed by atoms with Gasteiger partial charge in [-0.1, -0.05) is 18.2 Å². The Morgan fingerprint density at radius 1 is 1.29 bits per heavy atom. The molecular weight excluding hydrogens is 172 g/mol. The molecule has 2 heteroatoms. The Bertz CT molecular complexity index is 294. The van der Waals surface area contributed by atoms with Crippen LogP contribution in [0.4, 0.5) is 0 Å². The van der Waals surface area contributed by atoms with Crippen LogP contribution in [0.15, 0.2) is 18.2 Å². The molecule has 0 bridgehead atoms. The number of hydrogen-bond acceptors (Lipinski definition) is 2. The number of benzene rings is 1. The monoisotopic (exact) mass is 192 g/mol. The maximum absolute atomic E-state index is 5.51. The summed E-state index contributed by atoms with van der Waals surface area (Å²) in [4.78, 5) is 2.25. The molecule has 0 fully saturated rings. The van der Waals surface area contributed by atoms with Crippen molar-refractivity contribution in [1.29, 1.82) is 0 Å². The van der Waals surface area contributed by atoms with Gasteiger partial charge in [-0.25, -0.2) is 0 Å². The molecule has 0 radical (unpaired) electrons. The smallest absolute Gasteiger partial charge is 0.0233 e. The fourth-order valence-corrected chi connectivity index (χ4v) is 1.57. The molecule has 2 nitrogen and oxygen atoms in total. The van der Waals surface area contributed by atoms with Crippen LogP contribution in [0.5, 0.6) is 0 Å². The predicted octanol–water partition coefficient (Wildman–Crippen LogP) is 1.69. The highest BCUT2D eigenvalue weighted by Gasteiger charge is 2.03. The summed E-state index contributed by atoms with van der Waals surface area (Å²) >= 11 is 0. The van der Waals surface area contributed by atoms with E-state index in [4.69, 9.17) is 5.73 Å². The van der Waals surface area contributed by atoms with Gasteiger partial charge in [-0.15, -0.1) is 0 Å². The maximum Gasteiger partial charge on any atom is 0.0233 e. The van der Waals surface area contributed by atoms with Crippen LogP contribution in [-0.2, 0) is 6.54 Å². The van der Waals surface area contributed by atoms with Gasteiger partial charge in [0, 0.05) is 19.6 Å². The minimum atomic E-state index is 0.724. The maximum atomic E-state index is 5.51. The topological polar surface area (TPSA) is 29.3 Å². The molecule has 1 rings (SSSR count). The highest BCUT2D eigenvalue weighted by atomic mass is 15.1. The van der Waals surface area contributed by atoms with Gasteiger partial charge in [0.15, 0.2) is 0 Å². The Kier molecular flexibility index (Phi) is 4.11. The van der Waals surface area contributed by atoms with Crippen LogP contribution < -0.4 is 5.73 Å². The number of nitrogens with two attached hydrogens (primary N) is 1. The van der Waals surface area contributed by atoms with E-state index in [1.165, 1.54) is 16.7 Å². The molecule has 0 saturated heterocycles. The van der Waals surface area contributed by atoms with Crippen LogP contribution in [-0.4, -0.2) is 25.0 Å². The quantitative estimate of drug-likeness (QED) is 0.786. The second kappa shape index (κ2) is 5.13. The van der Waals surface area contributed by atoms with Gasteiger partial charge in [0.1, 0.15) is 0 Å². The number of rotatable bonds is 4. The number of hydrogen-bond donors (Lipinski definition) is 1. The van der Waals surface area contributed by atoms with Crippen molar-refractivity contribution in [3.63, 3.8) is 0 Å². The number of likely N-dealkylation sites (N-methyl/N-ethyl adjacent to an activating group) is 1. The van der Waals surface area contributed by atoms with E-state index in [-0.39, 0.29) is 0 Å². The average Bonchev–Trinajstić information content (AvgIpc) is 2.13. The fourth-order valence-electron chi connectivity index (χ4n) is 1.57. The summed E-state index contributed by atoms with van der Waals surface area (Å²) in [6.45, 7) is 7.00. The van der Waals surface area contributed by atoms with Crippen LogP contribution >= 0.6 is 0 Å². The lowest BCUT2D eigenvalue weighted by Gasteiger charge is -2.17. The molecule has 0 aliphatic carbocycles. The average molecular weight is 192 g/mol. The van der Waals surface area contributed by atoms with E-state index in [0.29, 0.717) is 0 Å². The van der Waals surface area contributed by atoms with E-state index in [2.05, 4.69) is 44.0 Å². The first-order chi connectivity index (χ1) is 6.65. The molecule has 0 amide bonds. The van der Waals surface area contributed by atoms with Crippen LogP contribution in [0.25, 0.3) is 0 Å². The lowest BCUT2D eigenvalue weighted by Crippen LogP contribution is -2.25. The molecule has 0 aliphatic rings. The fraction of sp³-hybridized carbons (Fsp3) is 0.500. The van der Waals surface area contributed by atoms with Gasteiger partial charge < -0.3 is 10.6 Å². The Hall–Kier alpha value is -0.860. The van der Waals surface area contributed by atoms with E-state index in [0.717, 1.165) is 19.6 Å². The van der Waals surface area contributed by atoms with Crippen molar-refractivity contribution < 1.29 is 0 Å². The Balaban J connectivity index is 2.71. The van der Waals surface area contributed by atoms with Crippen LogP contribution in [0.1, 0.15) is 16.7 Å². The van der Waals surface area contributed by atoms with Crippen molar-refractivity contribution in [2.24, 2.45) is 5.73 Å². The van der Waals surface area contributed by atoms with Crippen LogP contribution in [0.2, 0.25) is 0 Å². The Labute approximate surface area is 86.7 Å². The van der Waals surface area contributed by atoms with Gasteiger partial charge in [-0.3, -0.25) is 0 Å². The third-order valence-electron chi connectivity index (χ3n) is 2.67. The SMILES string of the molecule is Cc1cccc(CN(C)CCN)c1C. The standard InChI is InChI=1S/C12H20N2/c1-10-5-4-6-12(11(10)2)9-14(3)8-7-13/h4-6H,7-9,13H2,1-3H3. The minimum absolute atomic E-state index is 0.724. The second-order valence-electron chi connectivity index (χ2n) is 3.89. The number of aryl methyl sites for hydroxylation is 1. The van der Waals surface area contributed by atoms with Crippen LogP contribution in [0.3, 0.4) is 0 Å². The lowest BCUT2D eigenvalue weighted by atomic mass is 10.0. The van der Waals surface area contributed by atoms with Gasteiger partial charge >= 0.3 is 0 Å². The zero-order valence-electron chi connectivity index (χ0n) is 9.38. The summed E-state index contributed by atoms with van der Waals surface area (Å²) in [5.41, 5.74) is 9.68. The van der Waals surface area contributed by atoms with Crippen molar-refractivity contribution in [3.05, 3.63) is 34.9 Å². The zero-order chi connectivity index (χ0) is 10.6. The molecular formula is C12H20N2. The van der Waals surface area contributed by atoms with Crippen molar-refractivity contribution in [3.8, 4) is 0 Å². The molecule has 0 unspecified atom stereocenters. The second-order valence-corrected chi connectivity index (χ2v) is 3.89. The molecule has 78 valence electrons. The molecule has 14 heavy (non-hydrogen) atoms. The highest BCUT2D eigenvalue weighted by Crippen LogP contribution is 2.13. The molecule has 0 spiro atoms. The number of nitrogens with zero attached hydrogens (tertiary/aromatic N) is 1. The molecule has 0 aliphatic heterocycles. The van der Waals surface area contributed by atoms with E-state index in [9.17, 15) is 0 Å². The largest absolute Gasteiger partial charge is 0.329 e. The Morgan fingerprint density at radius 2 is 2.00 bits per heavy atom. The first-order valence-corrected chi connectivity index (χ1v) is 5.09. The molecule has 0 atom stereocenters. The molecule has 0 heterocycles. The van der Waals surface area contributed by atoms with Gasteiger partial charge in [0.05, 0.1) is 0 Å². The van der Waals surface area contributed by atoms with Gasteiger partial charge in [-0.2, -0.15) is 0 Å². The summed E-state index contributed by atoms with van der Waals surface area (Å²) in [6.07, 6.45) is 0. The van der Waals surface area contributed by atoms with Gasteiger partial charge in [0.25, 0.3) is 0 Å². The third kappa shape index (κ3) is 2.82. The van der Waals surface area contributed by atoms with Gasteiger partial charge in [0.2, 0.25) is 0 Å². The molecule has 2 N–H and O–H groups in total. The lowest BCUT2D eigenvalue weighted by molar-refractivity contribution is 0.335. The normalized spacial score (nSPS) is 10.9. The van der Waals surface area contributed by atoms with Crippen LogP contribution in [0, 0.1) is 13.8 Å².